The van der Waals surface area contributed by atoms with Crippen molar-refractivity contribution in [1.29, 1.82) is 0 Å². The lowest BCUT2D eigenvalue weighted by Gasteiger charge is -2.44. The number of rotatable bonds is 4. The number of nitrogens with zero attached hydrogens (tertiary/aromatic N) is 2. The largest absolute Gasteiger partial charge is 0.299 e. The maximum Gasteiger partial charge on any atom is 0.150 e. The van der Waals surface area contributed by atoms with E-state index in [4.69, 9.17) is 0 Å². The van der Waals surface area contributed by atoms with Gasteiger partial charge in [-0.15, -0.1) is 0 Å². The molecule has 0 radical (unpaired) electrons. The summed E-state index contributed by atoms with van der Waals surface area (Å²) in [5, 5.41) is 0. The van der Waals surface area contributed by atoms with Gasteiger partial charge >= 0.3 is 0 Å². The SMILES string of the molecule is CC(=O)C1(N(C)C)CCN(Cc2ccccc2)CC1. The first-order valence-corrected chi connectivity index (χ1v) is 6.99. The first kappa shape index (κ1) is 14.2. The normalized spacial score (nSPS) is 19.6. The van der Waals surface area contributed by atoms with Gasteiger partial charge in [0.25, 0.3) is 0 Å². The van der Waals surface area contributed by atoms with Crippen molar-refractivity contribution in [2.24, 2.45) is 0 Å². The number of carbonyl (C=O) groups excluding carboxylic acids is 1. The summed E-state index contributed by atoms with van der Waals surface area (Å²) in [7, 11) is 4.04. The van der Waals surface area contributed by atoms with Crippen LogP contribution in [0, 0.1) is 0 Å². The van der Waals surface area contributed by atoms with E-state index >= 15 is 0 Å². The van der Waals surface area contributed by atoms with E-state index in [2.05, 4.69) is 34.1 Å². The van der Waals surface area contributed by atoms with Crippen LogP contribution in [0.5, 0.6) is 0 Å². The topological polar surface area (TPSA) is 23.6 Å². The standard InChI is InChI=1S/C16H24N2O/c1-14(19)16(17(2)3)9-11-18(12-10-16)13-15-7-5-4-6-8-15/h4-8H,9-13H2,1-3H3. The first-order chi connectivity index (χ1) is 9.04. The van der Waals surface area contributed by atoms with Gasteiger partial charge in [0.2, 0.25) is 0 Å². The van der Waals surface area contributed by atoms with Gasteiger partial charge in [-0.25, -0.2) is 0 Å². The highest BCUT2D eigenvalue weighted by atomic mass is 16.1. The minimum absolute atomic E-state index is 0.243. The summed E-state index contributed by atoms with van der Waals surface area (Å²) in [6.07, 6.45) is 1.87. The van der Waals surface area contributed by atoms with Crippen molar-refractivity contribution in [3.8, 4) is 0 Å². The number of hydrogen-bond donors (Lipinski definition) is 0. The van der Waals surface area contributed by atoms with Crippen LogP contribution >= 0.6 is 0 Å². The number of carbonyl (C=O) groups is 1. The third-order valence-corrected chi connectivity index (χ3v) is 4.44. The van der Waals surface area contributed by atoms with Gasteiger partial charge in [0.1, 0.15) is 5.78 Å². The quantitative estimate of drug-likeness (QED) is 0.829. The molecule has 1 saturated heterocycles. The molecule has 0 N–H and O–H groups in total. The molecule has 0 saturated carbocycles. The second-order valence-corrected chi connectivity index (χ2v) is 5.74. The lowest BCUT2D eigenvalue weighted by molar-refractivity contribution is -0.130. The van der Waals surface area contributed by atoms with Crippen molar-refractivity contribution in [1.82, 2.24) is 9.80 Å². The van der Waals surface area contributed by atoms with Gasteiger partial charge in [-0.2, -0.15) is 0 Å². The highest BCUT2D eigenvalue weighted by Crippen LogP contribution is 2.28. The monoisotopic (exact) mass is 260 g/mol. The summed E-state index contributed by atoms with van der Waals surface area (Å²) in [5.74, 6) is 0.303. The Morgan fingerprint density at radius 3 is 2.26 bits per heavy atom. The molecule has 104 valence electrons. The second kappa shape index (κ2) is 5.85. The zero-order chi connectivity index (χ0) is 13.9. The molecule has 1 fully saturated rings. The van der Waals surface area contributed by atoms with Crippen LogP contribution in [0.15, 0.2) is 30.3 Å². The molecule has 0 amide bonds. The molecule has 0 spiro atoms. The molecule has 1 aliphatic rings. The Balaban J connectivity index is 1.97. The zero-order valence-electron chi connectivity index (χ0n) is 12.2. The first-order valence-electron chi connectivity index (χ1n) is 6.99. The summed E-state index contributed by atoms with van der Waals surface area (Å²) in [6.45, 7) is 4.70. The molecule has 3 heteroatoms. The van der Waals surface area contributed by atoms with Crippen molar-refractivity contribution >= 4 is 5.78 Å². The van der Waals surface area contributed by atoms with Crippen molar-refractivity contribution in [2.75, 3.05) is 27.2 Å². The van der Waals surface area contributed by atoms with Crippen molar-refractivity contribution in [3.63, 3.8) is 0 Å². The summed E-state index contributed by atoms with van der Waals surface area (Å²) < 4.78 is 0. The van der Waals surface area contributed by atoms with Crippen molar-refractivity contribution in [2.45, 2.75) is 31.8 Å². The molecule has 0 unspecified atom stereocenters. The molecule has 0 atom stereocenters. The van der Waals surface area contributed by atoms with Crippen LogP contribution in [0.3, 0.4) is 0 Å². The van der Waals surface area contributed by atoms with Gasteiger partial charge in [0, 0.05) is 19.6 Å². The number of likely N-dealkylation sites (tertiary alicyclic amines) is 1. The molecule has 2 rings (SSSR count). The number of piperidine rings is 1. The fraction of sp³-hybridized carbons (Fsp3) is 0.562. The van der Waals surface area contributed by atoms with E-state index < -0.39 is 0 Å². The van der Waals surface area contributed by atoms with E-state index in [1.807, 2.05) is 20.2 Å². The van der Waals surface area contributed by atoms with E-state index in [9.17, 15) is 4.79 Å². The molecule has 1 aromatic carbocycles. The maximum atomic E-state index is 12.0. The third-order valence-electron chi connectivity index (χ3n) is 4.44. The van der Waals surface area contributed by atoms with E-state index in [1.54, 1.807) is 6.92 Å². The van der Waals surface area contributed by atoms with Crippen LogP contribution in [0.1, 0.15) is 25.3 Å². The molecule has 3 nitrogen and oxygen atoms in total. The number of Topliss-reactive ketones (excluding diaryl/α,β-unsaturated/α-hetero) is 1. The van der Waals surface area contributed by atoms with Gasteiger partial charge in [0.05, 0.1) is 5.54 Å². The van der Waals surface area contributed by atoms with E-state index in [0.717, 1.165) is 32.5 Å². The Morgan fingerprint density at radius 1 is 1.21 bits per heavy atom. The highest BCUT2D eigenvalue weighted by molar-refractivity contribution is 5.86. The van der Waals surface area contributed by atoms with E-state index in [-0.39, 0.29) is 5.54 Å². The summed E-state index contributed by atoms with van der Waals surface area (Å²) in [4.78, 5) is 16.5. The van der Waals surface area contributed by atoms with Gasteiger partial charge in [0.15, 0.2) is 0 Å². The Labute approximate surface area is 116 Å². The van der Waals surface area contributed by atoms with Gasteiger partial charge in [-0.05, 0) is 39.4 Å². The van der Waals surface area contributed by atoms with Gasteiger partial charge < -0.3 is 0 Å². The fourth-order valence-corrected chi connectivity index (χ4v) is 3.04. The summed E-state index contributed by atoms with van der Waals surface area (Å²) in [5.41, 5.74) is 1.11. The van der Waals surface area contributed by atoms with Gasteiger partial charge in [-0.1, -0.05) is 30.3 Å². The Hall–Kier alpha value is -1.19. The number of likely N-dealkylation sites (N-methyl/N-ethyl adjacent to an activating group) is 1. The third kappa shape index (κ3) is 3.04. The van der Waals surface area contributed by atoms with Crippen LogP contribution < -0.4 is 0 Å². The highest BCUT2D eigenvalue weighted by Gasteiger charge is 2.40. The van der Waals surface area contributed by atoms with E-state index in [0.29, 0.717) is 5.78 Å². The lowest BCUT2D eigenvalue weighted by Crippen LogP contribution is -2.56. The van der Waals surface area contributed by atoms with Crippen LogP contribution in [0.4, 0.5) is 0 Å². The predicted molar refractivity (Wildman–Crippen MR) is 78.1 cm³/mol. The van der Waals surface area contributed by atoms with E-state index in [1.165, 1.54) is 5.56 Å². The molecule has 0 aromatic heterocycles. The summed E-state index contributed by atoms with van der Waals surface area (Å²) in [6, 6.07) is 10.5. The van der Waals surface area contributed by atoms with Crippen molar-refractivity contribution in [3.05, 3.63) is 35.9 Å². The fourth-order valence-electron chi connectivity index (χ4n) is 3.04. The summed E-state index contributed by atoms with van der Waals surface area (Å²) >= 11 is 0. The predicted octanol–water partition coefficient (Wildman–Crippen LogP) is 2.17. The number of hydrogen-bond acceptors (Lipinski definition) is 3. The zero-order valence-corrected chi connectivity index (χ0v) is 12.2. The van der Waals surface area contributed by atoms with Crippen LogP contribution in [0.25, 0.3) is 0 Å². The van der Waals surface area contributed by atoms with Crippen LogP contribution in [-0.4, -0.2) is 48.3 Å². The maximum absolute atomic E-state index is 12.0. The number of ketones is 1. The molecule has 19 heavy (non-hydrogen) atoms. The molecular formula is C16H24N2O. The van der Waals surface area contributed by atoms with Crippen molar-refractivity contribution < 1.29 is 4.79 Å². The second-order valence-electron chi connectivity index (χ2n) is 5.74. The minimum Gasteiger partial charge on any atom is -0.299 e. The number of benzene rings is 1. The average molecular weight is 260 g/mol. The molecular weight excluding hydrogens is 236 g/mol. The molecule has 1 aliphatic heterocycles. The van der Waals surface area contributed by atoms with Crippen LogP contribution in [-0.2, 0) is 11.3 Å². The smallest absolute Gasteiger partial charge is 0.150 e. The Bertz CT molecular complexity index is 420. The average Bonchev–Trinajstić information content (AvgIpc) is 2.40. The Morgan fingerprint density at radius 2 is 1.79 bits per heavy atom. The minimum atomic E-state index is -0.243. The molecule has 1 aromatic rings. The Kier molecular flexibility index (Phi) is 4.38. The molecule has 1 heterocycles. The van der Waals surface area contributed by atoms with Crippen LogP contribution in [0.2, 0.25) is 0 Å². The lowest BCUT2D eigenvalue weighted by atomic mass is 9.83. The van der Waals surface area contributed by atoms with Gasteiger partial charge in [-0.3, -0.25) is 14.6 Å². The molecule has 0 aliphatic carbocycles. The molecule has 0 bridgehead atoms.